The molecule has 5 aliphatic carbocycles. The molecule has 8 atom stereocenters. The van der Waals surface area contributed by atoms with Gasteiger partial charge in [0.05, 0.1) is 11.5 Å². The summed E-state index contributed by atoms with van der Waals surface area (Å²) >= 11 is 0. The third-order valence-corrected chi connectivity index (χ3v) is 10.6. The first-order valence-electron chi connectivity index (χ1n) is 12.8. The normalized spacial score (nSPS) is 46.8. The molecule has 4 fully saturated rings. The summed E-state index contributed by atoms with van der Waals surface area (Å²) in [7, 11) is 0. The lowest BCUT2D eigenvalue weighted by molar-refractivity contribution is 0.00692. The molecule has 2 bridgehead atoms. The molecule has 1 N–H and O–H groups in total. The Hall–Kier alpha value is -1.62. The van der Waals surface area contributed by atoms with Gasteiger partial charge in [-0.2, -0.15) is 5.26 Å². The summed E-state index contributed by atoms with van der Waals surface area (Å²) in [5.41, 5.74) is 4.84. The predicted molar refractivity (Wildman–Crippen MR) is 130 cm³/mol. The van der Waals surface area contributed by atoms with Crippen LogP contribution in [0, 0.1) is 62.6 Å². The van der Waals surface area contributed by atoms with E-state index in [-0.39, 0.29) is 11.3 Å². The molecule has 0 aliphatic heterocycles. The molecule has 0 aromatic carbocycles. The van der Waals surface area contributed by atoms with E-state index in [2.05, 4.69) is 46.1 Å². The molecule has 168 valence electrons. The van der Waals surface area contributed by atoms with Gasteiger partial charge in [-0.1, -0.05) is 70.6 Å². The van der Waals surface area contributed by atoms with Crippen LogP contribution in [0.3, 0.4) is 0 Å². The van der Waals surface area contributed by atoms with Crippen molar-refractivity contribution in [3.63, 3.8) is 0 Å². The molecule has 2 nitrogen and oxygen atoms in total. The minimum absolute atomic E-state index is 0.00826. The molecular weight excluding hydrogens is 376 g/mol. The summed E-state index contributed by atoms with van der Waals surface area (Å²) in [5, 5.41) is 19.2. The number of hydrogen-bond acceptors (Lipinski definition) is 2. The van der Waals surface area contributed by atoms with E-state index in [1.54, 1.807) is 5.57 Å². The fraction of sp³-hybridized carbons (Fsp3) is 0.724. The van der Waals surface area contributed by atoms with Crippen molar-refractivity contribution in [2.75, 3.05) is 0 Å². The highest BCUT2D eigenvalue weighted by Gasteiger charge is 2.72. The van der Waals surface area contributed by atoms with Crippen LogP contribution < -0.4 is 0 Å². The van der Waals surface area contributed by atoms with Gasteiger partial charge in [-0.3, -0.25) is 0 Å². The zero-order valence-corrected chi connectivity index (χ0v) is 20.5. The van der Waals surface area contributed by atoms with E-state index in [1.165, 1.54) is 30.4 Å². The van der Waals surface area contributed by atoms with Crippen molar-refractivity contribution < 1.29 is 0 Å². The molecule has 6 unspecified atom stereocenters. The van der Waals surface area contributed by atoms with Crippen LogP contribution >= 0.6 is 0 Å². The average molecular weight is 419 g/mol. The SMILES string of the molecule is C=C(CC)CC1CCC2C3C(=CCC12C)C1(C)CCC(=N)[C@H]2C(=C)C3C[C@]21C#N.CC. The lowest BCUT2D eigenvalue weighted by Crippen LogP contribution is -2.55. The summed E-state index contributed by atoms with van der Waals surface area (Å²) in [6, 6.07) is 2.80. The third-order valence-electron chi connectivity index (χ3n) is 10.6. The van der Waals surface area contributed by atoms with Crippen LogP contribution in [-0.2, 0) is 0 Å². The number of fused-ring (bicyclic) bond motifs is 6. The van der Waals surface area contributed by atoms with Crippen LogP contribution in [-0.4, -0.2) is 5.71 Å². The molecule has 0 spiro atoms. The Bertz CT molecular complexity index is 887. The van der Waals surface area contributed by atoms with E-state index in [4.69, 9.17) is 5.41 Å². The Balaban J connectivity index is 0.00000112. The standard InChI is InChI=1S/C27H36N2.C2H6/c1-6-16(2)13-18-7-8-20-23-19-14-27(15-28)24(17(19)3)22(29)10-12-26(27,5)21(23)9-11-25(18,20)4;1-2/h9,18-20,23-24,29H,2-3,6-8,10-14H2,1,4-5H3;1-2H3/t18?,19?,20?,23?,24-,25?,26?,27+;/m1./s1. The van der Waals surface area contributed by atoms with Crippen LogP contribution in [0.1, 0.15) is 86.0 Å². The molecule has 0 heterocycles. The zero-order chi connectivity index (χ0) is 22.8. The van der Waals surface area contributed by atoms with Gasteiger partial charge in [-0.25, -0.2) is 0 Å². The van der Waals surface area contributed by atoms with Gasteiger partial charge in [0.2, 0.25) is 0 Å². The Kier molecular flexibility index (Phi) is 5.44. The molecule has 0 aromatic rings. The maximum absolute atomic E-state index is 10.4. The molecule has 0 aromatic heterocycles. The monoisotopic (exact) mass is 418 g/mol. The smallest absolute Gasteiger partial charge is 0.0787 e. The van der Waals surface area contributed by atoms with E-state index in [9.17, 15) is 5.26 Å². The average Bonchev–Trinajstić information content (AvgIpc) is 3.26. The number of nitrogens with zero attached hydrogens (tertiary/aromatic N) is 1. The lowest BCUT2D eigenvalue weighted by atomic mass is 9.43. The van der Waals surface area contributed by atoms with Gasteiger partial charge in [0.1, 0.15) is 0 Å². The van der Waals surface area contributed by atoms with Crippen molar-refractivity contribution in [3.05, 3.63) is 36.0 Å². The van der Waals surface area contributed by atoms with Gasteiger partial charge < -0.3 is 5.41 Å². The lowest BCUT2D eigenvalue weighted by Gasteiger charge is -2.59. The van der Waals surface area contributed by atoms with Crippen molar-refractivity contribution in [2.45, 2.75) is 86.0 Å². The first-order valence-corrected chi connectivity index (χ1v) is 12.8. The fourth-order valence-corrected chi connectivity index (χ4v) is 8.79. The minimum atomic E-state index is -0.422. The Labute approximate surface area is 190 Å². The maximum Gasteiger partial charge on any atom is 0.0787 e. The number of nitriles is 1. The Morgan fingerprint density at radius 3 is 2.65 bits per heavy atom. The van der Waals surface area contributed by atoms with Crippen molar-refractivity contribution >= 4 is 5.71 Å². The number of rotatable bonds is 3. The second-order valence-corrected chi connectivity index (χ2v) is 11.3. The van der Waals surface area contributed by atoms with Gasteiger partial charge in [0, 0.05) is 17.0 Å². The third kappa shape index (κ3) is 2.65. The molecule has 0 radical (unpaired) electrons. The van der Waals surface area contributed by atoms with Crippen molar-refractivity contribution in [3.8, 4) is 6.07 Å². The van der Waals surface area contributed by atoms with Crippen LogP contribution in [0.25, 0.3) is 0 Å². The highest BCUT2D eigenvalue weighted by atomic mass is 14.8. The first kappa shape index (κ1) is 22.6. The molecule has 5 rings (SSSR count). The van der Waals surface area contributed by atoms with E-state index in [0.717, 1.165) is 43.7 Å². The van der Waals surface area contributed by atoms with Crippen LogP contribution in [0.4, 0.5) is 0 Å². The van der Waals surface area contributed by atoms with Crippen molar-refractivity contribution in [1.82, 2.24) is 0 Å². The van der Waals surface area contributed by atoms with E-state index < -0.39 is 5.41 Å². The summed E-state index contributed by atoms with van der Waals surface area (Å²) in [6.07, 6.45) is 11.4. The molecule has 2 heteroatoms. The summed E-state index contributed by atoms with van der Waals surface area (Å²) in [4.78, 5) is 0. The first-order chi connectivity index (χ1) is 14.7. The second kappa shape index (κ2) is 7.47. The van der Waals surface area contributed by atoms with E-state index >= 15 is 0 Å². The van der Waals surface area contributed by atoms with Gasteiger partial charge in [-0.05, 0) is 80.5 Å². The van der Waals surface area contributed by atoms with Gasteiger partial charge in [0.15, 0.2) is 0 Å². The summed E-state index contributed by atoms with van der Waals surface area (Å²) < 4.78 is 0. The van der Waals surface area contributed by atoms with Gasteiger partial charge in [0.25, 0.3) is 0 Å². The highest BCUT2D eigenvalue weighted by molar-refractivity contribution is 5.90. The molecule has 0 saturated heterocycles. The van der Waals surface area contributed by atoms with Crippen LogP contribution in [0.15, 0.2) is 36.0 Å². The molecular formula is C29H42N2. The molecule has 4 saturated carbocycles. The zero-order valence-electron chi connectivity index (χ0n) is 20.5. The quantitative estimate of drug-likeness (QED) is 0.465. The van der Waals surface area contributed by atoms with Crippen molar-refractivity contribution in [1.29, 1.82) is 10.7 Å². The predicted octanol–water partition coefficient (Wildman–Crippen LogP) is 7.88. The summed E-state index contributed by atoms with van der Waals surface area (Å²) in [6.45, 7) is 20.1. The number of nitrogens with one attached hydrogen (secondary N) is 1. The fourth-order valence-electron chi connectivity index (χ4n) is 8.79. The Morgan fingerprint density at radius 1 is 1.29 bits per heavy atom. The van der Waals surface area contributed by atoms with E-state index in [0.29, 0.717) is 23.2 Å². The topological polar surface area (TPSA) is 47.6 Å². The van der Waals surface area contributed by atoms with Gasteiger partial charge in [-0.15, -0.1) is 0 Å². The summed E-state index contributed by atoms with van der Waals surface area (Å²) in [5.74, 6) is 2.37. The largest absolute Gasteiger partial charge is 0.309 e. The number of allylic oxidation sites excluding steroid dienone is 4. The number of hydrogen-bond donors (Lipinski definition) is 1. The minimum Gasteiger partial charge on any atom is -0.309 e. The van der Waals surface area contributed by atoms with Gasteiger partial charge >= 0.3 is 0 Å². The van der Waals surface area contributed by atoms with Crippen molar-refractivity contribution in [2.24, 2.45) is 45.8 Å². The molecule has 5 aliphatic rings. The molecule has 0 amide bonds. The Morgan fingerprint density at radius 2 is 2.00 bits per heavy atom. The van der Waals surface area contributed by atoms with Crippen LogP contribution in [0.5, 0.6) is 0 Å². The van der Waals surface area contributed by atoms with Crippen LogP contribution in [0.2, 0.25) is 0 Å². The second-order valence-electron chi connectivity index (χ2n) is 11.3. The maximum atomic E-state index is 10.4. The van der Waals surface area contributed by atoms with E-state index in [1.807, 2.05) is 13.8 Å². The highest BCUT2D eigenvalue weighted by Crippen LogP contribution is 2.76. The molecule has 31 heavy (non-hydrogen) atoms.